The molecule has 26 heteroatoms. The van der Waals surface area contributed by atoms with E-state index >= 15 is 0 Å². The van der Waals surface area contributed by atoms with Crippen molar-refractivity contribution < 1.29 is 47.6 Å². The first kappa shape index (κ1) is 58.8. The quantitative estimate of drug-likeness (QED) is 0.0304. The number of amides is 2. The van der Waals surface area contributed by atoms with Crippen LogP contribution in [0.4, 0.5) is 34.4 Å². The number of nitrogens with zero attached hydrogens (tertiary/aromatic N) is 8. The summed E-state index contributed by atoms with van der Waals surface area (Å²) < 4.78 is 20.9. The van der Waals surface area contributed by atoms with Crippen molar-refractivity contribution >= 4 is 75.1 Å². The van der Waals surface area contributed by atoms with Crippen LogP contribution in [0.1, 0.15) is 53.2 Å². The van der Waals surface area contributed by atoms with Crippen molar-refractivity contribution in [3.8, 4) is 22.8 Å². The van der Waals surface area contributed by atoms with Crippen LogP contribution < -0.4 is 43.0 Å². The van der Waals surface area contributed by atoms with E-state index in [1.165, 1.54) is 9.80 Å². The van der Waals surface area contributed by atoms with Crippen LogP contribution in [0.2, 0.25) is 0 Å². The third-order valence-electron chi connectivity index (χ3n) is 11.9. The van der Waals surface area contributed by atoms with Gasteiger partial charge in [-0.1, -0.05) is 22.4 Å². The molecule has 424 valence electrons. The Kier molecular flexibility index (Phi) is 20.5. The molecule has 4 aromatic carbocycles. The van der Waals surface area contributed by atoms with Gasteiger partial charge in [0.2, 0.25) is 0 Å². The summed E-state index contributed by atoms with van der Waals surface area (Å²) in [6.45, 7) is 4.65. The van der Waals surface area contributed by atoms with Crippen LogP contribution in [0.15, 0.2) is 152 Å². The highest BCUT2D eigenvalue weighted by atomic mass is 16.5. The number of H-pyrrole nitrogens is 2. The zero-order valence-electron chi connectivity index (χ0n) is 45.0. The van der Waals surface area contributed by atoms with Gasteiger partial charge in [-0.25, -0.2) is 24.5 Å². The van der Waals surface area contributed by atoms with Gasteiger partial charge in [-0.3, -0.25) is 52.8 Å². The molecule has 0 atom stereocenters. The van der Waals surface area contributed by atoms with Gasteiger partial charge in [0, 0.05) is 73.2 Å². The van der Waals surface area contributed by atoms with Crippen LogP contribution in [-0.4, -0.2) is 115 Å². The number of imidazole rings is 1. The van der Waals surface area contributed by atoms with Crippen molar-refractivity contribution in [2.45, 2.75) is 33.2 Å². The highest BCUT2D eigenvalue weighted by Crippen LogP contribution is 2.25. The number of aromatic amines is 2. The number of hydrogen-bond donors (Lipinski definition) is 7. The smallest absolute Gasteiger partial charge is 0.439 e. The second-order valence-electron chi connectivity index (χ2n) is 17.4. The second kappa shape index (κ2) is 28.6. The number of anilines is 6. The van der Waals surface area contributed by atoms with Gasteiger partial charge in [0.05, 0.1) is 55.0 Å². The minimum atomic E-state index is -0.935. The number of esters is 2. The number of carbonyl (C=O) groups is 5. The van der Waals surface area contributed by atoms with E-state index in [1.54, 1.807) is 124 Å². The number of ether oxygens (including phenoxy) is 2. The van der Waals surface area contributed by atoms with E-state index in [9.17, 15) is 33.6 Å². The number of rotatable bonds is 21. The molecular weight excluding hydrogens is 1060 g/mol. The number of aromatic nitrogens is 8. The van der Waals surface area contributed by atoms with E-state index in [-0.39, 0.29) is 62.8 Å². The maximum Gasteiger partial charge on any atom is 0.439 e. The Morgan fingerprint density at radius 2 is 1.17 bits per heavy atom. The number of benzene rings is 4. The van der Waals surface area contributed by atoms with Crippen LogP contribution in [0.3, 0.4) is 0 Å². The molecule has 5 aromatic heterocycles. The first-order chi connectivity index (χ1) is 39.6. The normalized spacial score (nSPS) is 10.5. The molecule has 0 fully saturated rings. The molecule has 9 aromatic rings. The second-order valence-corrected chi connectivity index (χ2v) is 17.4. The fraction of sp³-hybridized carbons (Fsp3) is 0.214. The van der Waals surface area contributed by atoms with E-state index < -0.39 is 17.5 Å². The van der Waals surface area contributed by atoms with E-state index in [0.29, 0.717) is 70.0 Å². The summed E-state index contributed by atoms with van der Waals surface area (Å²) in [5, 5.41) is 24.7. The first-order valence-corrected chi connectivity index (χ1v) is 25.5. The van der Waals surface area contributed by atoms with Crippen molar-refractivity contribution in [2.24, 2.45) is 7.05 Å². The zero-order chi connectivity index (χ0) is 58.5. The summed E-state index contributed by atoms with van der Waals surface area (Å²) in [4.78, 5) is 104. The van der Waals surface area contributed by atoms with Crippen LogP contribution in [0.25, 0.3) is 33.8 Å². The largest absolute Gasteiger partial charge is 0.480 e. The molecule has 0 bridgehead atoms. The molecule has 0 saturated carbocycles. The SMILES string of the molecule is CCOC(=O)CCN(C(=O)c1ccc(NC)c(N)c1)c1ccccn1.CCOC(=O)CCN(C(=O)c1ccc2c(c1)nc(CNc1ccc(-c3noc(=O)[nH]3)cc1)n2C)c1ccccn1.O=C(O)CNc1ccc(-c2noc(=O)[nH]2)cc1. The summed E-state index contributed by atoms with van der Waals surface area (Å²) >= 11 is 0. The lowest BCUT2D eigenvalue weighted by atomic mass is 10.1. The van der Waals surface area contributed by atoms with Gasteiger partial charge in [-0.15, -0.1) is 0 Å². The molecule has 2 amide bonds. The highest BCUT2D eigenvalue weighted by Gasteiger charge is 2.23. The highest BCUT2D eigenvalue weighted by molar-refractivity contribution is 6.08. The molecule has 82 heavy (non-hydrogen) atoms. The van der Waals surface area contributed by atoms with E-state index in [0.717, 1.165) is 28.3 Å². The van der Waals surface area contributed by atoms with E-state index in [2.05, 4.69) is 55.2 Å². The Hall–Kier alpha value is -10.9. The van der Waals surface area contributed by atoms with Crippen LogP contribution >= 0.6 is 0 Å². The van der Waals surface area contributed by atoms with Gasteiger partial charge < -0.3 is 40.8 Å². The number of carboxylic acid groups (broad SMARTS) is 1. The molecule has 5 heterocycles. The minimum absolute atomic E-state index is 0.0509. The molecule has 0 aliphatic heterocycles. The summed E-state index contributed by atoms with van der Waals surface area (Å²) in [7, 11) is 3.67. The Labute approximate surface area is 467 Å². The Balaban J connectivity index is 0.000000196. The number of carbonyl (C=O) groups excluding carboxylic acids is 4. The molecule has 9 rings (SSSR count). The molecule has 26 nitrogen and oxygen atoms in total. The number of pyridine rings is 2. The Bertz CT molecular complexity index is 3710. The standard InChI is InChI=1S/C28H27N7O5.C18H22N4O3.C10H9N3O4/c1-3-39-25(36)13-15-35(23-6-4-5-14-29-23)27(37)19-9-12-22-21(16-19)31-24(34(22)2)17-30-20-10-7-18(8-11-20)26-32-28(38)40-33-26;1-3-25-17(23)9-11-22(16-6-4-5-10-21-16)18(24)13-7-8-15(20-2)14(19)12-13;14-8(15)5-11-7-3-1-6(2-4-7)9-12-10(16)17-13-9/h4-12,14,16,30H,3,13,15,17H2,1-2H3,(H,32,33,38);4-8,10,12,20H,3,9,11,19H2,1-2H3;1-4,11H,5H2,(H,14,15)(H,12,13,16). The number of nitrogen functional groups attached to an aromatic ring is 1. The molecule has 0 unspecified atom stereocenters. The molecule has 8 N–H and O–H groups in total. The lowest BCUT2D eigenvalue weighted by Crippen LogP contribution is -2.34. The third-order valence-corrected chi connectivity index (χ3v) is 11.9. The van der Waals surface area contributed by atoms with Gasteiger partial charge in [0.25, 0.3) is 11.8 Å². The number of carboxylic acids is 1. The fourth-order valence-electron chi connectivity index (χ4n) is 7.87. The molecule has 0 spiro atoms. The lowest BCUT2D eigenvalue weighted by molar-refractivity contribution is -0.143. The first-order valence-electron chi connectivity index (χ1n) is 25.5. The molecule has 0 radical (unpaired) electrons. The molecule has 0 aliphatic carbocycles. The Morgan fingerprint density at radius 3 is 1.61 bits per heavy atom. The van der Waals surface area contributed by atoms with E-state index in [1.807, 2.05) is 41.9 Å². The van der Waals surface area contributed by atoms with Gasteiger partial charge in [-0.2, -0.15) is 0 Å². The average molecular weight is 1120 g/mol. The molecular formula is C56H58N14O12. The van der Waals surface area contributed by atoms with Crippen LogP contribution in [0.5, 0.6) is 0 Å². The van der Waals surface area contributed by atoms with E-state index in [4.69, 9.17) is 25.3 Å². The minimum Gasteiger partial charge on any atom is -0.480 e. The third kappa shape index (κ3) is 16.1. The lowest BCUT2D eigenvalue weighted by Gasteiger charge is -2.22. The van der Waals surface area contributed by atoms with Crippen molar-refractivity contribution in [3.05, 3.63) is 172 Å². The number of nitrogens with one attached hydrogen (secondary N) is 5. The van der Waals surface area contributed by atoms with Gasteiger partial charge in [-0.05, 0) is 123 Å². The zero-order valence-corrected chi connectivity index (χ0v) is 45.0. The average Bonchev–Trinajstić information content (AvgIpc) is 4.39. The summed E-state index contributed by atoms with van der Waals surface area (Å²) in [5.41, 5.74) is 12.5. The monoisotopic (exact) mass is 1120 g/mol. The molecule has 0 saturated heterocycles. The van der Waals surface area contributed by atoms with Crippen LogP contribution in [-0.2, 0) is 37.4 Å². The predicted molar refractivity (Wildman–Crippen MR) is 304 cm³/mol. The maximum absolute atomic E-state index is 13.6. The topological polar surface area (TPSA) is 354 Å². The molecule has 0 aliphatic rings. The summed E-state index contributed by atoms with van der Waals surface area (Å²) in [6.07, 6.45) is 3.33. The number of aryl methyl sites for hydroxylation is 1. The number of hydrogen-bond acceptors (Lipinski definition) is 20. The number of nitrogens with two attached hydrogens (primary N) is 1. The predicted octanol–water partition coefficient (Wildman–Crippen LogP) is 6.36. The van der Waals surface area contributed by atoms with Gasteiger partial charge >= 0.3 is 29.4 Å². The summed E-state index contributed by atoms with van der Waals surface area (Å²) in [6, 6.07) is 35.0. The van der Waals surface area contributed by atoms with Crippen molar-refractivity contribution in [3.63, 3.8) is 0 Å². The number of fused-ring (bicyclic) bond motifs is 1. The van der Waals surface area contributed by atoms with Crippen molar-refractivity contribution in [1.82, 2.24) is 39.8 Å². The van der Waals surface area contributed by atoms with Crippen molar-refractivity contribution in [2.75, 3.05) is 71.4 Å². The van der Waals surface area contributed by atoms with Crippen LogP contribution in [0, 0.1) is 0 Å². The fourth-order valence-corrected chi connectivity index (χ4v) is 7.87. The summed E-state index contributed by atoms with van der Waals surface area (Å²) in [5.74, 6) is -1.09. The maximum atomic E-state index is 13.6. The number of aliphatic carboxylic acids is 1. The van der Waals surface area contributed by atoms with Gasteiger partial charge in [0.1, 0.15) is 24.0 Å². The Morgan fingerprint density at radius 1 is 0.671 bits per heavy atom. The van der Waals surface area contributed by atoms with Crippen molar-refractivity contribution in [1.29, 1.82) is 0 Å². The van der Waals surface area contributed by atoms with Gasteiger partial charge in [0.15, 0.2) is 11.6 Å².